The van der Waals surface area contributed by atoms with E-state index in [1.165, 1.54) is 19.3 Å². The summed E-state index contributed by atoms with van der Waals surface area (Å²) >= 11 is 3.36. The SMILES string of the molecule is CCCCCCC(CNC(=O)Nc1c(SCC)cc(C)nc1SCC)c1cc(OC)ccc1OC. The Kier molecular flexibility index (Phi) is 13.2. The molecule has 0 aliphatic carbocycles. The summed E-state index contributed by atoms with van der Waals surface area (Å²) in [6.07, 6.45) is 5.64. The number of pyridine rings is 1. The van der Waals surface area contributed by atoms with E-state index in [1.54, 1.807) is 37.7 Å². The van der Waals surface area contributed by atoms with Crippen molar-refractivity contribution < 1.29 is 14.3 Å². The minimum atomic E-state index is -0.216. The van der Waals surface area contributed by atoms with Gasteiger partial charge in [0, 0.05) is 28.6 Å². The average molecular weight is 520 g/mol. The molecule has 1 unspecified atom stereocenters. The smallest absolute Gasteiger partial charge is 0.319 e. The number of nitrogens with one attached hydrogen (secondary N) is 2. The quantitative estimate of drug-likeness (QED) is 0.187. The van der Waals surface area contributed by atoms with Crippen LogP contribution in [0.1, 0.15) is 70.1 Å². The Morgan fingerprint density at radius 1 is 1.03 bits per heavy atom. The Morgan fingerprint density at radius 3 is 2.46 bits per heavy atom. The fraction of sp³-hybridized carbons (Fsp3) is 0.556. The number of methoxy groups -OCH3 is 2. The first-order valence-electron chi connectivity index (χ1n) is 12.5. The number of aryl methyl sites for hydroxylation is 1. The lowest BCUT2D eigenvalue weighted by Gasteiger charge is -2.22. The lowest BCUT2D eigenvalue weighted by Crippen LogP contribution is -2.33. The number of thioether (sulfide) groups is 2. The van der Waals surface area contributed by atoms with Crippen molar-refractivity contribution in [1.82, 2.24) is 10.3 Å². The van der Waals surface area contributed by atoms with Gasteiger partial charge < -0.3 is 20.1 Å². The third-order valence-corrected chi connectivity index (χ3v) is 7.47. The summed E-state index contributed by atoms with van der Waals surface area (Å²) in [6, 6.07) is 7.70. The molecule has 2 N–H and O–H groups in total. The van der Waals surface area contributed by atoms with Gasteiger partial charge in [-0.2, -0.15) is 0 Å². The molecule has 0 radical (unpaired) electrons. The monoisotopic (exact) mass is 519 g/mol. The highest BCUT2D eigenvalue weighted by molar-refractivity contribution is 8.00. The van der Waals surface area contributed by atoms with Crippen molar-refractivity contribution in [3.63, 3.8) is 0 Å². The molecule has 0 spiro atoms. The summed E-state index contributed by atoms with van der Waals surface area (Å²) in [5, 5.41) is 7.09. The van der Waals surface area contributed by atoms with Crippen LogP contribution in [-0.2, 0) is 0 Å². The fourth-order valence-electron chi connectivity index (χ4n) is 3.96. The second kappa shape index (κ2) is 15.8. The lowest BCUT2D eigenvalue weighted by molar-refractivity contribution is 0.251. The maximum absolute atomic E-state index is 13.1. The van der Waals surface area contributed by atoms with E-state index in [0.717, 1.165) is 62.7 Å². The number of hydrogen-bond donors (Lipinski definition) is 2. The number of nitrogens with zero attached hydrogens (tertiary/aromatic N) is 1. The zero-order valence-corrected chi connectivity index (χ0v) is 23.7. The molecule has 2 aromatic rings. The van der Waals surface area contributed by atoms with Crippen LogP contribution in [0.25, 0.3) is 0 Å². The van der Waals surface area contributed by atoms with Gasteiger partial charge in [-0.05, 0) is 49.1 Å². The van der Waals surface area contributed by atoms with Crippen molar-refractivity contribution in [2.45, 2.75) is 75.6 Å². The van der Waals surface area contributed by atoms with Gasteiger partial charge in [-0.3, -0.25) is 0 Å². The number of hydrogen-bond acceptors (Lipinski definition) is 6. The fourth-order valence-corrected chi connectivity index (χ4v) is 5.67. The van der Waals surface area contributed by atoms with E-state index >= 15 is 0 Å². The van der Waals surface area contributed by atoms with Crippen molar-refractivity contribution in [2.24, 2.45) is 0 Å². The highest BCUT2D eigenvalue weighted by Gasteiger charge is 2.20. The van der Waals surface area contributed by atoms with Gasteiger partial charge in [0.05, 0.1) is 19.9 Å². The van der Waals surface area contributed by atoms with Gasteiger partial charge in [0.1, 0.15) is 16.5 Å². The number of carbonyl (C=O) groups is 1. The first kappa shape index (κ1) is 29.2. The van der Waals surface area contributed by atoms with Crippen LogP contribution in [0.15, 0.2) is 34.2 Å². The van der Waals surface area contributed by atoms with Crippen LogP contribution in [0.4, 0.5) is 10.5 Å². The number of rotatable bonds is 15. The Balaban J connectivity index is 2.21. The predicted molar refractivity (Wildman–Crippen MR) is 150 cm³/mol. The minimum Gasteiger partial charge on any atom is -0.497 e. The van der Waals surface area contributed by atoms with Crippen LogP contribution in [-0.4, -0.2) is 43.3 Å². The number of aromatic nitrogens is 1. The molecule has 2 rings (SSSR count). The maximum atomic E-state index is 13.1. The highest BCUT2D eigenvalue weighted by Crippen LogP contribution is 2.36. The number of amides is 2. The van der Waals surface area contributed by atoms with Crippen molar-refractivity contribution in [1.29, 1.82) is 0 Å². The molecular weight excluding hydrogens is 478 g/mol. The van der Waals surface area contributed by atoms with Crippen LogP contribution in [0.2, 0.25) is 0 Å². The Labute approximate surface area is 219 Å². The molecule has 6 nitrogen and oxygen atoms in total. The molecule has 0 aliphatic heterocycles. The van der Waals surface area contributed by atoms with Gasteiger partial charge >= 0.3 is 6.03 Å². The number of ether oxygens (including phenoxy) is 2. The summed E-state index contributed by atoms with van der Waals surface area (Å²) in [4.78, 5) is 18.8. The normalized spacial score (nSPS) is 11.7. The molecule has 35 heavy (non-hydrogen) atoms. The van der Waals surface area contributed by atoms with E-state index < -0.39 is 0 Å². The van der Waals surface area contributed by atoms with Crippen LogP contribution in [0.3, 0.4) is 0 Å². The molecule has 1 aromatic carbocycles. The van der Waals surface area contributed by atoms with Crippen molar-refractivity contribution in [2.75, 3.05) is 37.6 Å². The molecule has 0 aliphatic rings. The summed E-state index contributed by atoms with van der Waals surface area (Å²) in [7, 11) is 3.35. The number of anilines is 1. The van der Waals surface area contributed by atoms with Gasteiger partial charge in [-0.15, -0.1) is 23.5 Å². The lowest BCUT2D eigenvalue weighted by atomic mass is 9.92. The van der Waals surface area contributed by atoms with E-state index in [0.29, 0.717) is 6.54 Å². The van der Waals surface area contributed by atoms with Gasteiger partial charge in [0.2, 0.25) is 0 Å². The largest absolute Gasteiger partial charge is 0.497 e. The molecule has 0 bridgehead atoms. The first-order valence-corrected chi connectivity index (χ1v) is 14.5. The van der Waals surface area contributed by atoms with Crippen molar-refractivity contribution >= 4 is 35.2 Å². The third-order valence-electron chi connectivity index (χ3n) is 5.69. The summed E-state index contributed by atoms with van der Waals surface area (Å²) in [5.41, 5.74) is 2.82. The number of benzene rings is 1. The number of unbranched alkanes of at least 4 members (excludes halogenated alkanes) is 3. The van der Waals surface area contributed by atoms with Crippen molar-refractivity contribution in [3.05, 3.63) is 35.5 Å². The highest BCUT2D eigenvalue weighted by atomic mass is 32.2. The van der Waals surface area contributed by atoms with E-state index in [-0.39, 0.29) is 11.9 Å². The second-order valence-electron chi connectivity index (χ2n) is 8.30. The van der Waals surface area contributed by atoms with Gasteiger partial charge in [0.25, 0.3) is 0 Å². The average Bonchev–Trinajstić information content (AvgIpc) is 2.85. The molecule has 1 aromatic heterocycles. The van der Waals surface area contributed by atoms with E-state index in [4.69, 9.17) is 9.47 Å². The minimum absolute atomic E-state index is 0.118. The molecule has 0 saturated carbocycles. The van der Waals surface area contributed by atoms with Gasteiger partial charge in [-0.25, -0.2) is 9.78 Å². The summed E-state index contributed by atoms with van der Waals surface area (Å²) in [5.74, 6) is 3.54. The van der Waals surface area contributed by atoms with Crippen LogP contribution >= 0.6 is 23.5 Å². The maximum Gasteiger partial charge on any atom is 0.319 e. The Morgan fingerprint density at radius 2 is 1.80 bits per heavy atom. The molecule has 8 heteroatoms. The molecular formula is C27H41N3O3S2. The van der Waals surface area contributed by atoms with Crippen molar-refractivity contribution in [3.8, 4) is 11.5 Å². The van der Waals surface area contributed by atoms with Gasteiger partial charge in [-0.1, -0.05) is 46.5 Å². The molecule has 194 valence electrons. The van der Waals surface area contributed by atoms with E-state index in [1.807, 2.05) is 31.2 Å². The summed E-state index contributed by atoms with van der Waals surface area (Å²) in [6.45, 7) is 8.92. The third kappa shape index (κ3) is 9.15. The van der Waals surface area contributed by atoms with E-state index in [2.05, 4.69) is 36.4 Å². The number of urea groups is 1. The Bertz CT molecular complexity index is 913. The summed E-state index contributed by atoms with van der Waals surface area (Å²) < 4.78 is 11.1. The molecule has 0 saturated heterocycles. The van der Waals surface area contributed by atoms with E-state index in [9.17, 15) is 4.79 Å². The van der Waals surface area contributed by atoms with Crippen LogP contribution in [0.5, 0.6) is 11.5 Å². The zero-order valence-electron chi connectivity index (χ0n) is 22.0. The molecule has 1 heterocycles. The molecule has 2 amide bonds. The van der Waals surface area contributed by atoms with Crippen LogP contribution in [0, 0.1) is 6.92 Å². The number of carbonyl (C=O) groups excluding carboxylic acids is 1. The Hall–Kier alpha value is -2.06. The topological polar surface area (TPSA) is 72.5 Å². The molecule has 1 atom stereocenters. The van der Waals surface area contributed by atoms with Gasteiger partial charge in [0.15, 0.2) is 0 Å². The zero-order chi connectivity index (χ0) is 25.6. The predicted octanol–water partition coefficient (Wildman–Crippen LogP) is 7.51. The first-order chi connectivity index (χ1) is 17.0. The standard InChI is InChI=1S/C27H41N3O3S2/c1-7-10-11-12-13-20(22-17-21(32-5)14-15-23(22)33-6)18-28-27(31)30-25-24(34-8-2)16-19(4)29-26(25)35-9-3/h14-17,20H,7-13,18H2,1-6H3,(H2,28,30,31). The molecule has 0 fully saturated rings. The van der Waals surface area contributed by atoms with Crippen LogP contribution < -0.4 is 20.1 Å². The second-order valence-corrected chi connectivity index (χ2v) is 10.9.